The van der Waals surface area contributed by atoms with Crippen LogP contribution in [0.2, 0.25) is 0 Å². The SMILES string of the molecule is CC1Cc2c(c(O)c3c(c2C2(CN)CCC2)OC(C)C3)O1. The fraction of sp³-hybridized carbons (Fsp3) is 0.647. The van der Waals surface area contributed by atoms with E-state index in [0.717, 1.165) is 42.6 Å². The maximum Gasteiger partial charge on any atom is 0.165 e. The average Bonchev–Trinajstić information content (AvgIpc) is 2.95. The van der Waals surface area contributed by atoms with E-state index in [-0.39, 0.29) is 17.6 Å². The predicted molar refractivity (Wildman–Crippen MR) is 80.3 cm³/mol. The van der Waals surface area contributed by atoms with Crippen LogP contribution in [0.3, 0.4) is 0 Å². The van der Waals surface area contributed by atoms with Crippen LogP contribution in [-0.2, 0) is 18.3 Å². The molecule has 3 N–H and O–H groups in total. The van der Waals surface area contributed by atoms with Crippen molar-refractivity contribution >= 4 is 0 Å². The molecule has 2 unspecified atom stereocenters. The summed E-state index contributed by atoms with van der Waals surface area (Å²) in [5, 5.41) is 10.6. The number of ether oxygens (including phenoxy) is 2. The molecule has 2 atom stereocenters. The lowest BCUT2D eigenvalue weighted by Gasteiger charge is -2.43. The zero-order valence-electron chi connectivity index (χ0n) is 12.7. The number of hydrogen-bond acceptors (Lipinski definition) is 4. The van der Waals surface area contributed by atoms with Crippen LogP contribution in [0.1, 0.15) is 49.8 Å². The number of fused-ring (bicyclic) bond motifs is 2. The molecule has 4 heteroatoms. The first-order valence-electron chi connectivity index (χ1n) is 8.00. The molecule has 0 aromatic heterocycles. The van der Waals surface area contributed by atoms with Crippen molar-refractivity contribution in [2.24, 2.45) is 5.73 Å². The van der Waals surface area contributed by atoms with Gasteiger partial charge in [0.25, 0.3) is 0 Å². The number of phenols is 1. The molecule has 114 valence electrons. The van der Waals surface area contributed by atoms with Crippen molar-refractivity contribution in [2.45, 2.75) is 63.6 Å². The minimum atomic E-state index is 0.0271. The third kappa shape index (κ3) is 1.65. The molecule has 0 spiro atoms. The van der Waals surface area contributed by atoms with E-state index < -0.39 is 0 Å². The van der Waals surface area contributed by atoms with Gasteiger partial charge >= 0.3 is 0 Å². The first-order valence-corrected chi connectivity index (χ1v) is 8.00. The van der Waals surface area contributed by atoms with Crippen molar-refractivity contribution in [1.82, 2.24) is 0 Å². The highest BCUT2D eigenvalue weighted by atomic mass is 16.5. The van der Waals surface area contributed by atoms with Gasteiger partial charge in [-0.2, -0.15) is 0 Å². The summed E-state index contributed by atoms with van der Waals surface area (Å²) < 4.78 is 12.0. The summed E-state index contributed by atoms with van der Waals surface area (Å²) >= 11 is 0. The molecule has 2 aliphatic heterocycles. The number of nitrogens with two attached hydrogens (primary N) is 1. The van der Waals surface area contributed by atoms with Gasteiger partial charge < -0.3 is 20.3 Å². The number of phenolic OH excluding ortho intramolecular Hbond substituents is 1. The molecule has 0 radical (unpaired) electrons. The van der Waals surface area contributed by atoms with Gasteiger partial charge in [-0.05, 0) is 26.7 Å². The highest BCUT2D eigenvalue weighted by molar-refractivity contribution is 5.67. The Kier molecular flexibility index (Phi) is 2.71. The molecule has 3 aliphatic rings. The summed E-state index contributed by atoms with van der Waals surface area (Å²) in [6.45, 7) is 4.74. The molecule has 1 aromatic carbocycles. The monoisotopic (exact) mass is 289 g/mol. The van der Waals surface area contributed by atoms with E-state index in [2.05, 4.69) is 0 Å². The predicted octanol–water partition coefficient (Wildman–Crippen LogP) is 2.42. The fourth-order valence-electron chi connectivity index (χ4n) is 4.21. The summed E-state index contributed by atoms with van der Waals surface area (Å²) in [4.78, 5) is 0. The molecule has 2 heterocycles. The molecule has 1 saturated carbocycles. The van der Waals surface area contributed by atoms with Gasteiger partial charge in [-0.25, -0.2) is 0 Å². The minimum absolute atomic E-state index is 0.0271. The van der Waals surface area contributed by atoms with Crippen LogP contribution in [0.5, 0.6) is 17.2 Å². The van der Waals surface area contributed by atoms with Crippen molar-refractivity contribution in [1.29, 1.82) is 0 Å². The van der Waals surface area contributed by atoms with Crippen LogP contribution in [-0.4, -0.2) is 23.9 Å². The molecular weight excluding hydrogens is 266 g/mol. The van der Waals surface area contributed by atoms with Gasteiger partial charge in [0.2, 0.25) is 0 Å². The molecule has 1 fully saturated rings. The second kappa shape index (κ2) is 4.29. The van der Waals surface area contributed by atoms with Crippen molar-refractivity contribution < 1.29 is 14.6 Å². The quantitative estimate of drug-likeness (QED) is 0.877. The smallest absolute Gasteiger partial charge is 0.165 e. The van der Waals surface area contributed by atoms with E-state index in [9.17, 15) is 5.11 Å². The van der Waals surface area contributed by atoms with Gasteiger partial charge in [0.05, 0.1) is 0 Å². The standard InChI is InChI=1S/C17H23NO3/c1-9-6-11-13(17(8-18)4-3-5-17)15-12(7-10(2)20-15)14(19)16(11)21-9/h9-10,19H,3-8,18H2,1-2H3. The zero-order chi connectivity index (χ0) is 14.8. The maximum atomic E-state index is 10.6. The Bertz CT molecular complexity index is 562. The summed E-state index contributed by atoms with van der Waals surface area (Å²) in [6.07, 6.45) is 5.25. The van der Waals surface area contributed by atoms with Gasteiger partial charge in [-0.1, -0.05) is 6.42 Å². The van der Waals surface area contributed by atoms with Crippen molar-refractivity contribution in [2.75, 3.05) is 6.54 Å². The van der Waals surface area contributed by atoms with Crippen LogP contribution < -0.4 is 15.2 Å². The van der Waals surface area contributed by atoms with E-state index in [1.54, 1.807) is 0 Å². The molecular formula is C17H23NO3. The molecule has 4 rings (SSSR count). The first kappa shape index (κ1) is 13.3. The Balaban J connectivity index is 1.98. The van der Waals surface area contributed by atoms with Crippen LogP contribution in [0.25, 0.3) is 0 Å². The average molecular weight is 289 g/mol. The van der Waals surface area contributed by atoms with Crippen LogP contribution >= 0.6 is 0 Å². The van der Waals surface area contributed by atoms with E-state index in [1.165, 1.54) is 12.0 Å². The molecule has 0 bridgehead atoms. The van der Waals surface area contributed by atoms with Crippen LogP contribution in [0.4, 0.5) is 0 Å². The third-order valence-electron chi connectivity index (χ3n) is 5.43. The van der Waals surface area contributed by atoms with Crippen LogP contribution in [0.15, 0.2) is 0 Å². The summed E-state index contributed by atoms with van der Waals surface area (Å²) in [7, 11) is 0. The van der Waals surface area contributed by atoms with Gasteiger partial charge in [0.15, 0.2) is 11.5 Å². The Morgan fingerprint density at radius 1 is 1.10 bits per heavy atom. The minimum Gasteiger partial charge on any atom is -0.504 e. The topological polar surface area (TPSA) is 64.7 Å². The second-order valence-corrected chi connectivity index (χ2v) is 6.94. The van der Waals surface area contributed by atoms with Crippen molar-refractivity contribution in [3.63, 3.8) is 0 Å². The highest BCUT2D eigenvalue weighted by Crippen LogP contribution is 2.57. The maximum absolute atomic E-state index is 10.6. The normalized spacial score (nSPS) is 28.3. The molecule has 0 amide bonds. The summed E-state index contributed by atoms with van der Waals surface area (Å²) in [5.41, 5.74) is 9.47. The molecule has 1 aromatic rings. The lowest BCUT2D eigenvalue weighted by atomic mass is 9.62. The molecule has 1 aliphatic carbocycles. The first-order chi connectivity index (χ1) is 10.1. The zero-order valence-corrected chi connectivity index (χ0v) is 12.7. The van der Waals surface area contributed by atoms with Crippen molar-refractivity contribution in [3.05, 3.63) is 16.7 Å². The number of rotatable bonds is 2. The molecule has 4 nitrogen and oxygen atoms in total. The molecule has 0 saturated heterocycles. The third-order valence-corrected chi connectivity index (χ3v) is 5.43. The molecule has 21 heavy (non-hydrogen) atoms. The van der Waals surface area contributed by atoms with Gasteiger partial charge in [-0.15, -0.1) is 0 Å². The Morgan fingerprint density at radius 2 is 1.71 bits per heavy atom. The summed E-state index contributed by atoms with van der Waals surface area (Å²) in [5.74, 6) is 1.89. The van der Waals surface area contributed by atoms with Crippen molar-refractivity contribution in [3.8, 4) is 17.2 Å². The van der Waals surface area contributed by atoms with E-state index in [4.69, 9.17) is 15.2 Å². The Labute approximate surface area is 125 Å². The van der Waals surface area contributed by atoms with E-state index >= 15 is 0 Å². The van der Waals surface area contributed by atoms with Gasteiger partial charge in [0, 0.05) is 41.5 Å². The largest absolute Gasteiger partial charge is 0.504 e. The summed E-state index contributed by atoms with van der Waals surface area (Å²) in [6, 6.07) is 0. The van der Waals surface area contributed by atoms with Crippen LogP contribution in [0, 0.1) is 0 Å². The Morgan fingerprint density at radius 3 is 2.29 bits per heavy atom. The Hall–Kier alpha value is -1.42. The lowest BCUT2D eigenvalue weighted by Crippen LogP contribution is -2.42. The van der Waals surface area contributed by atoms with E-state index in [0.29, 0.717) is 18.0 Å². The van der Waals surface area contributed by atoms with Gasteiger partial charge in [-0.3, -0.25) is 0 Å². The number of hydrogen-bond donors (Lipinski definition) is 2. The fourth-order valence-corrected chi connectivity index (χ4v) is 4.21. The van der Waals surface area contributed by atoms with E-state index in [1.807, 2.05) is 13.8 Å². The lowest BCUT2D eigenvalue weighted by molar-refractivity contribution is 0.218. The highest BCUT2D eigenvalue weighted by Gasteiger charge is 2.47. The number of benzene rings is 1. The van der Waals surface area contributed by atoms with Gasteiger partial charge in [0.1, 0.15) is 18.0 Å². The second-order valence-electron chi connectivity index (χ2n) is 6.94. The number of aromatic hydroxyl groups is 1.